The van der Waals surface area contributed by atoms with Gasteiger partial charge in [-0.05, 0) is 44.7 Å². The predicted molar refractivity (Wildman–Crippen MR) is 57.4 cm³/mol. The lowest BCUT2D eigenvalue weighted by Gasteiger charge is -2.12. The Labute approximate surface area is 89.2 Å². The normalized spacial score (nSPS) is 15.4. The molecule has 0 unspecified atom stereocenters. The van der Waals surface area contributed by atoms with Crippen LogP contribution in [0.1, 0.15) is 51.6 Å². The van der Waals surface area contributed by atoms with Gasteiger partial charge in [0.1, 0.15) is 0 Å². The summed E-state index contributed by atoms with van der Waals surface area (Å²) < 4.78 is 0. The summed E-state index contributed by atoms with van der Waals surface area (Å²) in [5, 5.41) is 9.20. The Morgan fingerprint density at radius 2 is 1.87 bits per heavy atom. The largest absolute Gasteiger partial charge is 0.478 e. The maximum Gasteiger partial charge on any atom is 0.337 e. The van der Waals surface area contributed by atoms with Crippen LogP contribution >= 0.6 is 0 Å². The van der Waals surface area contributed by atoms with Crippen molar-refractivity contribution in [3.8, 4) is 0 Å². The third kappa shape index (κ3) is 1.62. The van der Waals surface area contributed by atoms with Gasteiger partial charge in [0.15, 0.2) is 0 Å². The van der Waals surface area contributed by atoms with E-state index in [0.29, 0.717) is 11.5 Å². The lowest BCUT2D eigenvalue weighted by atomic mass is 9.99. The van der Waals surface area contributed by atoms with Crippen molar-refractivity contribution in [3.63, 3.8) is 0 Å². The molecular formula is C12H15NO2. The topological polar surface area (TPSA) is 50.2 Å². The van der Waals surface area contributed by atoms with Crippen LogP contribution in [-0.2, 0) is 0 Å². The number of hydrogen-bond acceptors (Lipinski definition) is 2. The number of aryl methyl sites for hydroxylation is 1. The van der Waals surface area contributed by atoms with Crippen LogP contribution in [0.2, 0.25) is 0 Å². The van der Waals surface area contributed by atoms with E-state index in [1.807, 2.05) is 20.8 Å². The van der Waals surface area contributed by atoms with E-state index in [9.17, 15) is 9.90 Å². The molecule has 1 N–H and O–H groups in total. The number of hydrogen-bond donors (Lipinski definition) is 1. The molecule has 3 heteroatoms. The van der Waals surface area contributed by atoms with E-state index < -0.39 is 5.97 Å². The summed E-state index contributed by atoms with van der Waals surface area (Å²) in [6, 6.07) is 0. The van der Waals surface area contributed by atoms with E-state index >= 15 is 0 Å². The molecule has 0 atom stereocenters. The molecule has 1 saturated carbocycles. The summed E-state index contributed by atoms with van der Waals surface area (Å²) in [6.07, 6.45) is 2.16. The molecule has 0 spiro atoms. The van der Waals surface area contributed by atoms with E-state index in [-0.39, 0.29) is 0 Å². The van der Waals surface area contributed by atoms with Gasteiger partial charge in [-0.15, -0.1) is 0 Å². The molecule has 1 fully saturated rings. The molecule has 0 aromatic carbocycles. The van der Waals surface area contributed by atoms with Gasteiger partial charge in [0.2, 0.25) is 0 Å². The molecule has 15 heavy (non-hydrogen) atoms. The minimum absolute atomic E-state index is 0.383. The highest BCUT2D eigenvalue weighted by atomic mass is 16.4. The zero-order valence-electron chi connectivity index (χ0n) is 9.29. The Kier molecular flexibility index (Phi) is 2.25. The zero-order valence-corrected chi connectivity index (χ0v) is 9.29. The van der Waals surface area contributed by atoms with E-state index in [2.05, 4.69) is 4.98 Å². The van der Waals surface area contributed by atoms with Gasteiger partial charge in [0.05, 0.1) is 11.3 Å². The highest BCUT2D eigenvalue weighted by Crippen LogP contribution is 2.41. The van der Waals surface area contributed by atoms with Crippen molar-refractivity contribution < 1.29 is 9.90 Å². The standard InChI is InChI=1S/C12H15NO2/c1-6-7(2)10(12(14)15)11(9-4-5-9)13-8(6)3/h9H,4-5H2,1-3H3,(H,14,15). The highest BCUT2D eigenvalue weighted by molar-refractivity contribution is 5.91. The van der Waals surface area contributed by atoms with Gasteiger partial charge in [-0.1, -0.05) is 0 Å². The van der Waals surface area contributed by atoms with Crippen LogP contribution in [0.15, 0.2) is 0 Å². The van der Waals surface area contributed by atoms with Crippen LogP contribution in [0, 0.1) is 20.8 Å². The minimum atomic E-state index is -0.843. The molecule has 1 aromatic rings. The number of rotatable bonds is 2. The van der Waals surface area contributed by atoms with Gasteiger partial charge >= 0.3 is 5.97 Å². The first-order valence-corrected chi connectivity index (χ1v) is 5.23. The molecule has 3 nitrogen and oxygen atoms in total. The molecular weight excluding hydrogens is 190 g/mol. The number of aromatic carboxylic acids is 1. The quantitative estimate of drug-likeness (QED) is 0.807. The molecule has 0 amide bonds. The number of pyridine rings is 1. The van der Waals surface area contributed by atoms with Gasteiger partial charge in [0.25, 0.3) is 0 Å². The monoisotopic (exact) mass is 205 g/mol. The van der Waals surface area contributed by atoms with Crippen molar-refractivity contribution >= 4 is 5.97 Å². The Hall–Kier alpha value is -1.38. The molecule has 0 aliphatic heterocycles. The fourth-order valence-electron chi connectivity index (χ4n) is 1.89. The number of carbonyl (C=O) groups is 1. The maximum absolute atomic E-state index is 11.2. The number of nitrogens with zero attached hydrogens (tertiary/aromatic N) is 1. The van der Waals surface area contributed by atoms with Crippen molar-refractivity contribution in [2.45, 2.75) is 39.5 Å². The highest BCUT2D eigenvalue weighted by Gasteiger charge is 2.31. The summed E-state index contributed by atoms with van der Waals surface area (Å²) in [5.41, 5.74) is 4.05. The Balaban J connectivity index is 2.66. The molecule has 0 saturated heterocycles. The smallest absolute Gasteiger partial charge is 0.337 e. The van der Waals surface area contributed by atoms with Crippen LogP contribution in [0.5, 0.6) is 0 Å². The average molecular weight is 205 g/mol. The molecule has 1 aliphatic rings. The Bertz CT molecular complexity index is 434. The lowest BCUT2D eigenvalue weighted by Crippen LogP contribution is -2.10. The third-order valence-electron chi connectivity index (χ3n) is 3.20. The lowest BCUT2D eigenvalue weighted by molar-refractivity contribution is 0.0694. The Morgan fingerprint density at radius 1 is 1.27 bits per heavy atom. The number of aromatic nitrogens is 1. The summed E-state index contributed by atoms with van der Waals surface area (Å²) >= 11 is 0. The first kappa shape index (κ1) is 10.1. The predicted octanol–water partition coefficient (Wildman–Crippen LogP) is 2.58. The minimum Gasteiger partial charge on any atom is -0.478 e. The van der Waals surface area contributed by atoms with Gasteiger partial charge in [-0.2, -0.15) is 0 Å². The third-order valence-corrected chi connectivity index (χ3v) is 3.20. The van der Waals surface area contributed by atoms with Crippen molar-refractivity contribution in [1.29, 1.82) is 0 Å². The summed E-state index contributed by atoms with van der Waals surface area (Å²) in [5.74, 6) is -0.459. The van der Waals surface area contributed by atoms with Crippen LogP contribution in [0.25, 0.3) is 0 Å². The summed E-state index contributed by atoms with van der Waals surface area (Å²) in [7, 11) is 0. The Morgan fingerprint density at radius 3 is 2.33 bits per heavy atom. The molecule has 80 valence electrons. The van der Waals surface area contributed by atoms with E-state index in [0.717, 1.165) is 35.4 Å². The van der Waals surface area contributed by atoms with Crippen molar-refractivity contribution in [2.24, 2.45) is 0 Å². The number of carboxylic acids is 1. The average Bonchev–Trinajstić information content (AvgIpc) is 2.95. The first-order valence-electron chi connectivity index (χ1n) is 5.23. The van der Waals surface area contributed by atoms with Gasteiger partial charge in [0, 0.05) is 11.6 Å². The molecule has 2 rings (SSSR count). The zero-order chi connectivity index (χ0) is 11.2. The van der Waals surface area contributed by atoms with Crippen molar-refractivity contribution in [1.82, 2.24) is 4.98 Å². The maximum atomic E-state index is 11.2. The van der Waals surface area contributed by atoms with Crippen LogP contribution in [0.4, 0.5) is 0 Å². The second-order valence-electron chi connectivity index (χ2n) is 4.29. The molecule has 1 aromatic heterocycles. The second kappa shape index (κ2) is 3.33. The van der Waals surface area contributed by atoms with E-state index in [1.165, 1.54) is 0 Å². The summed E-state index contributed by atoms with van der Waals surface area (Å²) in [6.45, 7) is 5.75. The fraction of sp³-hybridized carbons (Fsp3) is 0.500. The fourth-order valence-corrected chi connectivity index (χ4v) is 1.89. The summed E-state index contributed by atoms with van der Waals surface area (Å²) in [4.78, 5) is 15.6. The van der Waals surface area contributed by atoms with Crippen LogP contribution in [-0.4, -0.2) is 16.1 Å². The SMILES string of the molecule is Cc1nc(C2CC2)c(C(=O)O)c(C)c1C. The molecule has 0 radical (unpaired) electrons. The molecule has 1 aliphatic carbocycles. The van der Waals surface area contributed by atoms with Crippen molar-refractivity contribution in [3.05, 3.63) is 28.1 Å². The van der Waals surface area contributed by atoms with Gasteiger partial charge in [-0.3, -0.25) is 4.98 Å². The molecule has 0 bridgehead atoms. The van der Waals surface area contributed by atoms with Gasteiger partial charge in [-0.25, -0.2) is 4.79 Å². The van der Waals surface area contributed by atoms with Crippen LogP contribution < -0.4 is 0 Å². The van der Waals surface area contributed by atoms with E-state index in [1.54, 1.807) is 0 Å². The molecule has 1 heterocycles. The van der Waals surface area contributed by atoms with E-state index in [4.69, 9.17) is 0 Å². The number of carboxylic acid groups (broad SMARTS) is 1. The van der Waals surface area contributed by atoms with Gasteiger partial charge < -0.3 is 5.11 Å². The van der Waals surface area contributed by atoms with Crippen LogP contribution in [0.3, 0.4) is 0 Å². The van der Waals surface area contributed by atoms with Crippen molar-refractivity contribution in [2.75, 3.05) is 0 Å². The first-order chi connectivity index (χ1) is 7.02. The second-order valence-corrected chi connectivity index (χ2v) is 4.29.